The molecular weight excluding hydrogens is 263 g/mol. The zero-order valence-electron chi connectivity index (χ0n) is 5.65. The normalized spacial score (nSPS) is 10.5. The van der Waals surface area contributed by atoms with E-state index < -0.39 is 7.42 Å². The van der Waals surface area contributed by atoms with Crippen LogP contribution in [0.3, 0.4) is 0 Å². The summed E-state index contributed by atoms with van der Waals surface area (Å²) < 4.78 is 1.08. The summed E-state index contributed by atoms with van der Waals surface area (Å²) in [5.41, 5.74) is 1.20. The molecule has 0 fully saturated rings. The molecule has 1 aromatic carbocycles. The van der Waals surface area contributed by atoms with Gasteiger partial charge in [-0.15, -0.1) is 22.2 Å². The van der Waals surface area contributed by atoms with Crippen LogP contribution in [0.2, 0.25) is 0 Å². The summed E-state index contributed by atoms with van der Waals surface area (Å²) in [6.07, 6.45) is 0. The summed E-state index contributed by atoms with van der Waals surface area (Å²) in [6.45, 7) is 0. The molecule has 0 aliphatic heterocycles. The molecule has 1 radical (unpaired) electrons. The van der Waals surface area contributed by atoms with Crippen LogP contribution in [0.15, 0.2) is 28.7 Å². The fraction of sp³-hybridized carbons (Fsp3) is 0.143. The smallest absolute Gasteiger partial charge is 0.146 e. The van der Waals surface area contributed by atoms with E-state index in [1.807, 2.05) is 24.3 Å². The number of benzene rings is 1. The van der Waals surface area contributed by atoms with Gasteiger partial charge in [-0.25, -0.2) is 0 Å². The molecule has 0 heterocycles. The maximum atomic E-state index is 5.71. The van der Waals surface area contributed by atoms with E-state index in [1.54, 1.807) is 0 Å². The number of rotatable bonds is 2. The Bertz CT molecular complexity index is 222. The Kier molecular flexibility index (Phi) is 3.92. The van der Waals surface area contributed by atoms with E-state index in [-0.39, 0.29) is 0 Å². The van der Waals surface area contributed by atoms with Crippen LogP contribution in [0.5, 0.6) is 0 Å². The molecule has 1 rings (SSSR count). The molecule has 0 atom stereocenters. The van der Waals surface area contributed by atoms with Gasteiger partial charge in [0.1, 0.15) is 0 Å². The Balaban J connectivity index is 2.66. The van der Waals surface area contributed by atoms with E-state index in [1.165, 1.54) is 5.56 Å². The first kappa shape index (κ1) is 9.58. The van der Waals surface area contributed by atoms with Crippen molar-refractivity contribution in [3.05, 3.63) is 34.3 Å². The van der Waals surface area contributed by atoms with E-state index in [0.29, 0.717) is 0 Å². The summed E-state index contributed by atoms with van der Waals surface area (Å²) >= 11 is 14.8. The van der Waals surface area contributed by atoms with Crippen LogP contribution in [-0.2, 0) is 6.04 Å². The van der Waals surface area contributed by atoms with Gasteiger partial charge in [-0.3, -0.25) is 0 Å². The third-order valence-corrected chi connectivity index (χ3v) is 3.26. The summed E-state index contributed by atoms with van der Waals surface area (Å²) in [5, 5.41) is 0. The topological polar surface area (TPSA) is 0 Å². The van der Waals surface area contributed by atoms with Crippen molar-refractivity contribution in [1.29, 1.82) is 0 Å². The van der Waals surface area contributed by atoms with Crippen molar-refractivity contribution in [1.82, 2.24) is 0 Å². The number of halogens is 3. The highest BCUT2D eigenvalue weighted by molar-refractivity contribution is 9.10. The second-order valence-corrected chi connectivity index (χ2v) is 7.41. The lowest BCUT2D eigenvalue weighted by atomic mass is 10.2. The highest BCUT2D eigenvalue weighted by Gasteiger charge is 2.03. The monoisotopic (exact) mass is 267 g/mol. The van der Waals surface area contributed by atoms with Gasteiger partial charge in [-0.2, -0.15) is 0 Å². The molecule has 59 valence electrons. The minimum absolute atomic E-state index is 0.807. The van der Waals surface area contributed by atoms with Crippen molar-refractivity contribution in [2.24, 2.45) is 0 Å². The van der Waals surface area contributed by atoms with Gasteiger partial charge in [-0.1, -0.05) is 28.1 Å². The number of hydrogen-bond acceptors (Lipinski definition) is 0. The van der Waals surface area contributed by atoms with Crippen LogP contribution in [0.4, 0.5) is 0 Å². The SMILES string of the molecule is Cl[Si](Cl)Cc1ccc(Br)cc1. The predicted octanol–water partition coefficient (Wildman–Crippen LogP) is 3.50. The average Bonchev–Trinajstić information content (AvgIpc) is 1.93. The summed E-state index contributed by atoms with van der Waals surface area (Å²) in [6, 6.07) is 8.85. The van der Waals surface area contributed by atoms with Gasteiger partial charge >= 0.3 is 0 Å². The quantitative estimate of drug-likeness (QED) is 0.569. The minimum atomic E-state index is -1.17. The van der Waals surface area contributed by atoms with Gasteiger partial charge in [-0.05, 0) is 23.7 Å². The van der Waals surface area contributed by atoms with E-state index in [4.69, 9.17) is 22.2 Å². The number of hydrogen-bond donors (Lipinski definition) is 0. The largest absolute Gasteiger partial charge is 0.278 e. The van der Waals surface area contributed by atoms with Gasteiger partial charge in [0, 0.05) is 4.47 Å². The van der Waals surface area contributed by atoms with E-state index in [2.05, 4.69) is 15.9 Å². The summed E-state index contributed by atoms with van der Waals surface area (Å²) in [4.78, 5) is 0. The Hall–Kier alpha value is 0.497. The Morgan fingerprint density at radius 2 is 1.73 bits per heavy atom. The second kappa shape index (κ2) is 4.50. The van der Waals surface area contributed by atoms with Crippen LogP contribution in [0.25, 0.3) is 0 Å². The zero-order chi connectivity index (χ0) is 8.27. The van der Waals surface area contributed by atoms with Gasteiger partial charge in [0.05, 0.1) is 0 Å². The van der Waals surface area contributed by atoms with Crippen LogP contribution < -0.4 is 0 Å². The first-order valence-electron chi connectivity index (χ1n) is 3.10. The minimum Gasteiger partial charge on any atom is -0.146 e. The lowest BCUT2D eigenvalue weighted by Crippen LogP contribution is -1.98. The van der Waals surface area contributed by atoms with Crippen molar-refractivity contribution in [3.63, 3.8) is 0 Å². The van der Waals surface area contributed by atoms with E-state index in [0.717, 1.165) is 10.5 Å². The highest BCUT2D eigenvalue weighted by Crippen LogP contribution is 2.13. The zero-order valence-corrected chi connectivity index (χ0v) is 9.75. The summed E-state index contributed by atoms with van der Waals surface area (Å²) in [7, 11) is -1.17. The van der Waals surface area contributed by atoms with Gasteiger partial charge < -0.3 is 0 Å². The molecule has 0 aliphatic carbocycles. The molecule has 0 unspecified atom stereocenters. The fourth-order valence-corrected chi connectivity index (χ4v) is 2.49. The van der Waals surface area contributed by atoms with Crippen molar-refractivity contribution in [2.75, 3.05) is 0 Å². The Morgan fingerprint density at radius 1 is 1.18 bits per heavy atom. The molecule has 0 bridgehead atoms. The van der Waals surface area contributed by atoms with Gasteiger partial charge in [0.15, 0.2) is 0 Å². The molecule has 0 aromatic heterocycles. The Labute approximate surface area is 85.7 Å². The van der Waals surface area contributed by atoms with Crippen molar-refractivity contribution >= 4 is 45.5 Å². The molecule has 0 spiro atoms. The molecule has 11 heavy (non-hydrogen) atoms. The van der Waals surface area contributed by atoms with E-state index in [9.17, 15) is 0 Å². The lowest BCUT2D eigenvalue weighted by molar-refractivity contribution is 1.38. The van der Waals surface area contributed by atoms with Crippen molar-refractivity contribution in [2.45, 2.75) is 6.04 Å². The van der Waals surface area contributed by atoms with Crippen LogP contribution in [-0.4, -0.2) is 7.42 Å². The average molecular weight is 269 g/mol. The fourth-order valence-electron chi connectivity index (χ4n) is 0.757. The first-order valence-corrected chi connectivity index (χ1v) is 7.62. The van der Waals surface area contributed by atoms with Crippen molar-refractivity contribution < 1.29 is 0 Å². The van der Waals surface area contributed by atoms with Crippen LogP contribution in [0.1, 0.15) is 5.56 Å². The van der Waals surface area contributed by atoms with Gasteiger partial charge in [0.2, 0.25) is 0 Å². The molecular formula is C7H6BrCl2Si. The molecule has 0 N–H and O–H groups in total. The van der Waals surface area contributed by atoms with Gasteiger partial charge in [0.25, 0.3) is 7.42 Å². The first-order chi connectivity index (χ1) is 5.18. The molecule has 0 aliphatic rings. The van der Waals surface area contributed by atoms with E-state index >= 15 is 0 Å². The highest BCUT2D eigenvalue weighted by atomic mass is 79.9. The molecule has 1 aromatic rings. The molecule has 0 saturated carbocycles. The molecule has 0 saturated heterocycles. The standard InChI is InChI=1S/C7H6BrCl2Si/c8-7-3-1-6(2-4-7)5-11(9)10/h1-4H,5H2. The predicted molar refractivity (Wildman–Crippen MR) is 55.3 cm³/mol. The van der Waals surface area contributed by atoms with Crippen LogP contribution >= 0.6 is 38.1 Å². The summed E-state index contributed by atoms with van der Waals surface area (Å²) in [5.74, 6) is 0. The lowest BCUT2D eigenvalue weighted by Gasteiger charge is -1.98. The molecule has 0 nitrogen and oxygen atoms in total. The van der Waals surface area contributed by atoms with Crippen LogP contribution in [0, 0.1) is 0 Å². The molecule has 4 heteroatoms. The molecule has 0 amide bonds. The second-order valence-electron chi connectivity index (χ2n) is 2.14. The maximum Gasteiger partial charge on any atom is 0.278 e. The Morgan fingerprint density at radius 3 is 2.18 bits per heavy atom. The third-order valence-electron chi connectivity index (χ3n) is 1.25. The van der Waals surface area contributed by atoms with Crippen molar-refractivity contribution in [3.8, 4) is 0 Å². The third kappa shape index (κ3) is 3.61. The maximum absolute atomic E-state index is 5.71.